The number of nitrogens with two attached hydrogens (primary N) is 1. The van der Waals surface area contributed by atoms with Gasteiger partial charge in [0.25, 0.3) is 5.91 Å². The summed E-state index contributed by atoms with van der Waals surface area (Å²) in [5.41, 5.74) is 0.666. The molecule has 0 bridgehead atoms. The molecule has 2 aromatic rings. The lowest BCUT2D eigenvalue weighted by Crippen LogP contribution is -2.23. The van der Waals surface area contributed by atoms with Crippen LogP contribution in [0.5, 0.6) is 0 Å². The Bertz CT molecular complexity index is 825. The second-order valence-electron chi connectivity index (χ2n) is 4.50. The molecule has 0 fully saturated rings. The van der Waals surface area contributed by atoms with Gasteiger partial charge in [-0.25, -0.2) is 17.9 Å². The van der Waals surface area contributed by atoms with Crippen molar-refractivity contribution in [1.82, 2.24) is 5.32 Å². The van der Waals surface area contributed by atoms with Gasteiger partial charge >= 0.3 is 0 Å². The van der Waals surface area contributed by atoms with E-state index in [1.807, 2.05) is 0 Å². The summed E-state index contributed by atoms with van der Waals surface area (Å²) in [5.74, 6) is -0.930. The number of halogens is 2. The van der Waals surface area contributed by atoms with E-state index in [-0.39, 0.29) is 22.0 Å². The summed E-state index contributed by atoms with van der Waals surface area (Å²) in [6.07, 6.45) is 0. The molecule has 2 aromatic carbocycles. The molecule has 0 aliphatic carbocycles. The van der Waals surface area contributed by atoms with Crippen LogP contribution >= 0.6 is 11.6 Å². The summed E-state index contributed by atoms with van der Waals surface area (Å²) in [7, 11) is -4.02. The number of amides is 1. The Morgan fingerprint density at radius 1 is 1.23 bits per heavy atom. The Labute approximate surface area is 131 Å². The van der Waals surface area contributed by atoms with Gasteiger partial charge in [0.05, 0.1) is 5.02 Å². The third kappa shape index (κ3) is 4.03. The average Bonchev–Trinajstić information content (AvgIpc) is 2.44. The van der Waals surface area contributed by atoms with Gasteiger partial charge in [-0.05, 0) is 35.9 Å². The first kappa shape index (κ1) is 16.4. The quantitative estimate of drug-likeness (QED) is 0.891. The smallest absolute Gasteiger partial charge is 0.251 e. The van der Waals surface area contributed by atoms with E-state index in [1.165, 1.54) is 30.3 Å². The minimum absolute atomic E-state index is 0.0656. The Hall–Kier alpha value is -1.96. The molecule has 0 unspecified atom stereocenters. The van der Waals surface area contributed by atoms with Crippen molar-refractivity contribution in [1.29, 1.82) is 0 Å². The second kappa shape index (κ2) is 6.43. The first-order chi connectivity index (χ1) is 10.3. The fourth-order valence-corrected chi connectivity index (χ4v) is 2.87. The monoisotopic (exact) mass is 342 g/mol. The fraction of sp³-hybridized carbons (Fsp3) is 0.0714. The van der Waals surface area contributed by atoms with Gasteiger partial charge in [0, 0.05) is 12.1 Å². The number of carbonyl (C=O) groups is 1. The molecular formula is C14H12ClFN2O3S. The Morgan fingerprint density at radius 2 is 1.95 bits per heavy atom. The molecule has 0 saturated heterocycles. The molecule has 1 amide bonds. The topological polar surface area (TPSA) is 89.3 Å². The van der Waals surface area contributed by atoms with E-state index >= 15 is 0 Å². The van der Waals surface area contributed by atoms with Crippen molar-refractivity contribution in [2.75, 3.05) is 0 Å². The second-order valence-corrected chi connectivity index (χ2v) is 6.44. The largest absolute Gasteiger partial charge is 0.348 e. The molecule has 8 heteroatoms. The zero-order valence-electron chi connectivity index (χ0n) is 11.2. The highest BCUT2D eigenvalue weighted by Gasteiger charge is 2.16. The standard InChI is InChI=1S/C14H12ClFN2O3S/c15-12-5-4-10(7-13(12)22(17,20)21)14(19)18-8-9-2-1-3-11(16)6-9/h1-7H,8H2,(H,18,19)(H2,17,20,21). The predicted octanol–water partition coefficient (Wildman–Crippen LogP) is 2.06. The number of primary sulfonamides is 1. The molecule has 5 nitrogen and oxygen atoms in total. The van der Waals surface area contributed by atoms with Crippen LogP contribution in [-0.4, -0.2) is 14.3 Å². The van der Waals surface area contributed by atoms with Crippen molar-refractivity contribution >= 4 is 27.5 Å². The van der Waals surface area contributed by atoms with Gasteiger partial charge in [0.2, 0.25) is 10.0 Å². The van der Waals surface area contributed by atoms with Gasteiger partial charge in [-0.1, -0.05) is 23.7 Å². The van der Waals surface area contributed by atoms with Gasteiger partial charge in [-0.15, -0.1) is 0 Å². The van der Waals surface area contributed by atoms with Crippen molar-refractivity contribution in [3.63, 3.8) is 0 Å². The van der Waals surface area contributed by atoms with E-state index in [1.54, 1.807) is 6.07 Å². The minimum atomic E-state index is -4.02. The van der Waals surface area contributed by atoms with Crippen molar-refractivity contribution < 1.29 is 17.6 Å². The highest BCUT2D eigenvalue weighted by atomic mass is 35.5. The van der Waals surface area contributed by atoms with Crippen LogP contribution in [0.2, 0.25) is 5.02 Å². The number of carbonyl (C=O) groups excluding carboxylic acids is 1. The molecule has 0 aliphatic rings. The lowest BCUT2D eigenvalue weighted by molar-refractivity contribution is 0.0950. The molecule has 0 saturated carbocycles. The van der Waals surface area contributed by atoms with Crippen LogP contribution in [0.3, 0.4) is 0 Å². The van der Waals surface area contributed by atoms with Gasteiger partial charge in [0.15, 0.2) is 0 Å². The van der Waals surface area contributed by atoms with Crippen LogP contribution < -0.4 is 10.5 Å². The third-order valence-electron chi connectivity index (χ3n) is 2.84. The molecule has 0 atom stereocenters. The van der Waals surface area contributed by atoms with E-state index in [0.717, 1.165) is 6.07 Å². The summed E-state index contributed by atoms with van der Waals surface area (Å²) in [6.45, 7) is 0.101. The lowest BCUT2D eigenvalue weighted by Gasteiger charge is -2.08. The molecule has 3 N–H and O–H groups in total. The maximum Gasteiger partial charge on any atom is 0.251 e. The normalized spacial score (nSPS) is 11.2. The fourth-order valence-electron chi connectivity index (χ4n) is 1.79. The van der Waals surface area contributed by atoms with E-state index in [9.17, 15) is 17.6 Å². The summed E-state index contributed by atoms with van der Waals surface area (Å²) < 4.78 is 35.8. The first-order valence-corrected chi connectivity index (χ1v) is 8.05. The summed E-state index contributed by atoms with van der Waals surface area (Å²) in [6, 6.07) is 9.51. The summed E-state index contributed by atoms with van der Waals surface area (Å²) in [4.78, 5) is 11.7. The van der Waals surface area contributed by atoms with Crippen LogP contribution in [0.1, 0.15) is 15.9 Å². The van der Waals surface area contributed by atoms with Gasteiger partial charge < -0.3 is 5.32 Å². The Balaban J connectivity index is 2.17. The van der Waals surface area contributed by atoms with E-state index in [2.05, 4.69) is 5.32 Å². The first-order valence-electron chi connectivity index (χ1n) is 6.12. The predicted molar refractivity (Wildman–Crippen MR) is 80.4 cm³/mol. The van der Waals surface area contributed by atoms with Crippen molar-refractivity contribution in [2.45, 2.75) is 11.4 Å². The number of benzene rings is 2. The van der Waals surface area contributed by atoms with Gasteiger partial charge in [-0.2, -0.15) is 0 Å². The van der Waals surface area contributed by atoms with Crippen LogP contribution in [-0.2, 0) is 16.6 Å². The maximum atomic E-state index is 13.0. The molecule has 22 heavy (non-hydrogen) atoms. The minimum Gasteiger partial charge on any atom is -0.348 e. The molecule has 2 rings (SSSR count). The Kier molecular flexibility index (Phi) is 4.80. The molecule has 0 aromatic heterocycles. The summed E-state index contributed by atoms with van der Waals surface area (Å²) >= 11 is 5.74. The van der Waals surface area contributed by atoms with Crippen LogP contribution in [0.25, 0.3) is 0 Å². The lowest BCUT2D eigenvalue weighted by atomic mass is 10.2. The molecule has 116 valence electrons. The van der Waals surface area contributed by atoms with Crippen LogP contribution in [0, 0.1) is 5.82 Å². The number of hydrogen-bond donors (Lipinski definition) is 2. The molecule has 0 radical (unpaired) electrons. The average molecular weight is 343 g/mol. The zero-order valence-corrected chi connectivity index (χ0v) is 12.8. The maximum absolute atomic E-state index is 13.0. The number of rotatable bonds is 4. The van der Waals surface area contributed by atoms with Crippen molar-refractivity contribution in [3.8, 4) is 0 Å². The van der Waals surface area contributed by atoms with E-state index in [4.69, 9.17) is 16.7 Å². The van der Waals surface area contributed by atoms with Gasteiger partial charge in [0.1, 0.15) is 10.7 Å². The van der Waals surface area contributed by atoms with Crippen LogP contribution in [0.4, 0.5) is 4.39 Å². The summed E-state index contributed by atoms with van der Waals surface area (Å²) in [5, 5.41) is 7.51. The SMILES string of the molecule is NS(=O)(=O)c1cc(C(=O)NCc2cccc(F)c2)ccc1Cl. The van der Waals surface area contributed by atoms with E-state index < -0.39 is 21.7 Å². The molecule has 0 heterocycles. The zero-order chi connectivity index (χ0) is 16.3. The third-order valence-corrected chi connectivity index (χ3v) is 4.23. The van der Waals surface area contributed by atoms with Crippen molar-refractivity contribution in [2.24, 2.45) is 5.14 Å². The molecular weight excluding hydrogens is 331 g/mol. The Morgan fingerprint density at radius 3 is 2.59 bits per heavy atom. The highest BCUT2D eigenvalue weighted by molar-refractivity contribution is 7.89. The number of sulfonamides is 1. The van der Waals surface area contributed by atoms with Gasteiger partial charge in [-0.3, -0.25) is 4.79 Å². The van der Waals surface area contributed by atoms with Crippen LogP contribution in [0.15, 0.2) is 47.4 Å². The molecule has 0 aliphatic heterocycles. The van der Waals surface area contributed by atoms with Crippen molar-refractivity contribution in [3.05, 3.63) is 64.4 Å². The highest BCUT2D eigenvalue weighted by Crippen LogP contribution is 2.21. The molecule has 0 spiro atoms. The van der Waals surface area contributed by atoms with E-state index in [0.29, 0.717) is 5.56 Å². The number of hydrogen-bond acceptors (Lipinski definition) is 3. The number of nitrogens with one attached hydrogen (secondary N) is 1.